The molecule has 0 spiro atoms. The standard InChI is InChI=1S/C16H28N4/c1-6-7-10-20(12-8-9-12)14-11-13(17-5)18-15(19-14)16(2,3)4/h11-12H,6-10H2,1-5H3,(H,17,18,19). The predicted molar refractivity (Wildman–Crippen MR) is 85.6 cm³/mol. The van der Waals surface area contributed by atoms with Gasteiger partial charge >= 0.3 is 0 Å². The molecule has 20 heavy (non-hydrogen) atoms. The highest BCUT2D eigenvalue weighted by molar-refractivity contribution is 5.51. The monoisotopic (exact) mass is 276 g/mol. The van der Waals surface area contributed by atoms with Gasteiger partial charge in [-0.15, -0.1) is 0 Å². The van der Waals surface area contributed by atoms with Crippen LogP contribution in [0.25, 0.3) is 0 Å². The quantitative estimate of drug-likeness (QED) is 0.862. The molecule has 1 aromatic heterocycles. The van der Waals surface area contributed by atoms with Crippen LogP contribution in [-0.4, -0.2) is 29.6 Å². The largest absolute Gasteiger partial charge is 0.373 e. The summed E-state index contributed by atoms with van der Waals surface area (Å²) in [5.74, 6) is 2.92. The fraction of sp³-hybridized carbons (Fsp3) is 0.750. The first-order valence-corrected chi connectivity index (χ1v) is 7.79. The van der Waals surface area contributed by atoms with Crippen LogP contribution in [-0.2, 0) is 5.41 Å². The van der Waals surface area contributed by atoms with Crippen LogP contribution < -0.4 is 10.2 Å². The Kier molecular flexibility index (Phi) is 4.51. The molecule has 0 aromatic carbocycles. The molecular weight excluding hydrogens is 248 g/mol. The first kappa shape index (κ1) is 15.1. The molecule has 112 valence electrons. The molecule has 1 aliphatic carbocycles. The average molecular weight is 276 g/mol. The number of unbranched alkanes of at least 4 members (excludes halogenated alkanes) is 1. The number of rotatable bonds is 6. The van der Waals surface area contributed by atoms with Gasteiger partial charge in [0.25, 0.3) is 0 Å². The minimum atomic E-state index is -0.0262. The molecule has 0 amide bonds. The zero-order chi connectivity index (χ0) is 14.8. The maximum Gasteiger partial charge on any atom is 0.138 e. The summed E-state index contributed by atoms with van der Waals surface area (Å²) >= 11 is 0. The zero-order valence-corrected chi connectivity index (χ0v) is 13.5. The second kappa shape index (κ2) is 5.98. The Morgan fingerprint density at radius 3 is 2.50 bits per heavy atom. The van der Waals surface area contributed by atoms with Crippen molar-refractivity contribution in [1.82, 2.24) is 9.97 Å². The lowest BCUT2D eigenvalue weighted by molar-refractivity contribution is 0.544. The Morgan fingerprint density at radius 1 is 1.30 bits per heavy atom. The summed E-state index contributed by atoms with van der Waals surface area (Å²) in [4.78, 5) is 11.9. The minimum absolute atomic E-state index is 0.0262. The lowest BCUT2D eigenvalue weighted by atomic mass is 9.96. The van der Waals surface area contributed by atoms with E-state index in [9.17, 15) is 0 Å². The van der Waals surface area contributed by atoms with E-state index in [1.165, 1.54) is 25.7 Å². The molecule has 2 rings (SSSR count). The fourth-order valence-corrected chi connectivity index (χ4v) is 2.24. The Bertz CT molecular complexity index is 446. The average Bonchev–Trinajstić information content (AvgIpc) is 3.22. The van der Waals surface area contributed by atoms with Crippen molar-refractivity contribution in [2.75, 3.05) is 23.8 Å². The first-order valence-electron chi connectivity index (χ1n) is 7.79. The molecule has 1 heterocycles. The molecule has 1 N–H and O–H groups in total. The van der Waals surface area contributed by atoms with E-state index in [0.29, 0.717) is 6.04 Å². The topological polar surface area (TPSA) is 41.0 Å². The number of aromatic nitrogens is 2. The van der Waals surface area contributed by atoms with Crippen molar-refractivity contribution in [1.29, 1.82) is 0 Å². The van der Waals surface area contributed by atoms with E-state index >= 15 is 0 Å². The molecular formula is C16H28N4. The van der Waals surface area contributed by atoms with Gasteiger partial charge in [0, 0.05) is 31.1 Å². The Morgan fingerprint density at radius 2 is 2.00 bits per heavy atom. The van der Waals surface area contributed by atoms with E-state index in [2.05, 4.69) is 49.0 Å². The third-order valence-corrected chi connectivity index (χ3v) is 3.67. The Labute approximate surface area is 123 Å². The summed E-state index contributed by atoms with van der Waals surface area (Å²) in [6, 6.07) is 2.78. The van der Waals surface area contributed by atoms with Crippen LogP contribution in [0.15, 0.2) is 6.07 Å². The summed E-state index contributed by atoms with van der Waals surface area (Å²) < 4.78 is 0. The molecule has 4 heteroatoms. The van der Waals surface area contributed by atoms with Crippen molar-refractivity contribution in [3.8, 4) is 0 Å². The van der Waals surface area contributed by atoms with Gasteiger partial charge in [-0.1, -0.05) is 34.1 Å². The summed E-state index contributed by atoms with van der Waals surface area (Å²) in [5.41, 5.74) is -0.0262. The SMILES string of the molecule is CCCCN(c1cc(NC)nc(C(C)(C)C)n1)C1CC1. The van der Waals surface area contributed by atoms with Gasteiger partial charge in [0.15, 0.2) is 0 Å². The molecule has 1 aliphatic rings. The van der Waals surface area contributed by atoms with Crippen molar-refractivity contribution in [3.05, 3.63) is 11.9 Å². The lowest BCUT2D eigenvalue weighted by Gasteiger charge is -2.26. The highest BCUT2D eigenvalue weighted by atomic mass is 15.2. The van der Waals surface area contributed by atoms with Crippen LogP contribution in [0.4, 0.5) is 11.6 Å². The van der Waals surface area contributed by atoms with Crippen LogP contribution in [0.3, 0.4) is 0 Å². The molecule has 4 nitrogen and oxygen atoms in total. The fourth-order valence-electron chi connectivity index (χ4n) is 2.24. The van der Waals surface area contributed by atoms with Gasteiger partial charge in [0.05, 0.1) is 0 Å². The highest BCUT2D eigenvalue weighted by Gasteiger charge is 2.31. The Hall–Kier alpha value is -1.32. The molecule has 1 saturated carbocycles. The second-order valence-electron chi connectivity index (χ2n) is 6.71. The van der Waals surface area contributed by atoms with Gasteiger partial charge in [-0.05, 0) is 19.3 Å². The third-order valence-electron chi connectivity index (χ3n) is 3.67. The smallest absolute Gasteiger partial charge is 0.138 e. The normalized spacial score (nSPS) is 15.2. The minimum Gasteiger partial charge on any atom is -0.373 e. The van der Waals surface area contributed by atoms with Crippen molar-refractivity contribution in [3.63, 3.8) is 0 Å². The van der Waals surface area contributed by atoms with Crippen molar-refractivity contribution < 1.29 is 0 Å². The van der Waals surface area contributed by atoms with Gasteiger partial charge in [-0.2, -0.15) is 0 Å². The predicted octanol–water partition coefficient (Wildman–Crippen LogP) is 3.58. The van der Waals surface area contributed by atoms with Gasteiger partial charge in [0.1, 0.15) is 17.5 Å². The summed E-state index contributed by atoms with van der Waals surface area (Å²) in [6.45, 7) is 9.84. The molecule has 0 aliphatic heterocycles. The lowest BCUT2D eigenvalue weighted by Crippen LogP contribution is -2.29. The van der Waals surface area contributed by atoms with E-state index in [0.717, 1.165) is 24.0 Å². The molecule has 0 unspecified atom stereocenters. The maximum absolute atomic E-state index is 4.84. The molecule has 1 fully saturated rings. The van der Waals surface area contributed by atoms with Crippen LogP contribution in [0.1, 0.15) is 59.2 Å². The van der Waals surface area contributed by atoms with Crippen LogP contribution in [0.2, 0.25) is 0 Å². The molecule has 0 bridgehead atoms. The van der Waals surface area contributed by atoms with E-state index < -0.39 is 0 Å². The van der Waals surface area contributed by atoms with Crippen molar-refractivity contribution in [2.45, 2.75) is 64.8 Å². The van der Waals surface area contributed by atoms with Gasteiger partial charge < -0.3 is 10.2 Å². The van der Waals surface area contributed by atoms with Crippen LogP contribution >= 0.6 is 0 Å². The molecule has 0 saturated heterocycles. The first-order chi connectivity index (χ1) is 9.45. The summed E-state index contributed by atoms with van der Waals surface area (Å²) in [7, 11) is 1.92. The van der Waals surface area contributed by atoms with Crippen molar-refractivity contribution in [2.24, 2.45) is 0 Å². The summed E-state index contributed by atoms with van der Waals surface area (Å²) in [6.07, 6.45) is 5.04. The number of hydrogen-bond acceptors (Lipinski definition) is 4. The third kappa shape index (κ3) is 3.62. The van der Waals surface area contributed by atoms with E-state index in [1.807, 2.05) is 7.05 Å². The van der Waals surface area contributed by atoms with Gasteiger partial charge in [-0.3, -0.25) is 0 Å². The van der Waals surface area contributed by atoms with Crippen molar-refractivity contribution >= 4 is 11.6 Å². The second-order valence-corrected chi connectivity index (χ2v) is 6.71. The maximum atomic E-state index is 4.84. The zero-order valence-electron chi connectivity index (χ0n) is 13.5. The van der Waals surface area contributed by atoms with Gasteiger partial charge in [0.2, 0.25) is 0 Å². The molecule has 1 aromatic rings. The number of anilines is 2. The summed E-state index contributed by atoms with van der Waals surface area (Å²) in [5, 5.41) is 3.17. The number of hydrogen-bond donors (Lipinski definition) is 1. The van der Waals surface area contributed by atoms with Crippen LogP contribution in [0, 0.1) is 0 Å². The van der Waals surface area contributed by atoms with E-state index in [4.69, 9.17) is 4.98 Å². The van der Waals surface area contributed by atoms with E-state index in [-0.39, 0.29) is 5.41 Å². The Balaban J connectivity index is 2.32. The van der Waals surface area contributed by atoms with Crippen LogP contribution in [0.5, 0.6) is 0 Å². The van der Waals surface area contributed by atoms with Gasteiger partial charge in [-0.25, -0.2) is 9.97 Å². The number of nitrogens with zero attached hydrogens (tertiary/aromatic N) is 3. The number of nitrogens with one attached hydrogen (secondary N) is 1. The van der Waals surface area contributed by atoms with E-state index in [1.54, 1.807) is 0 Å². The highest BCUT2D eigenvalue weighted by Crippen LogP contribution is 2.33. The molecule has 0 radical (unpaired) electrons. The molecule has 0 atom stereocenters.